The van der Waals surface area contributed by atoms with Crippen molar-refractivity contribution in [1.82, 2.24) is 19.6 Å². The normalized spacial score (nSPS) is 19.9. The number of esters is 1. The van der Waals surface area contributed by atoms with Crippen molar-refractivity contribution < 1.29 is 19.4 Å². The Kier molecular flexibility index (Phi) is 12.4. The molecular weight excluding hydrogens is 374 g/mol. The first kappa shape index (κ1) is 25.2. The number of aliphatic imine (C=N–C) groups is 1. The molecule has 1 aliphatic rings. The number of carboxylic acid groups (broad SMARTS) is 1. The van der Waals surface area contributed by atoms with Gasteiger partial charge in [0.2, 0.25) is 0 Å². The fourth-order valence-corrected chi connectivity index (χ4v) is 3.27. The van der Waals surface area contributed by atoms with Gasteiger partial charge in [0.15, 0.2) is 0 Å². The van der Waals surface area contributed by atoms with Gasteiger partial charge in [-0.15, -0.1) is 0 Å². The van der Waals surface area contributed by atoms with Gasteiger partial charge in [-0.05, 0) is 20.2 Å². The number of hydrogen-bond donors (Lipinski definition) is 1. The van der Waals surface area contributed by atoms with E-state index in [-0.39, 0.29) is 19.1 Å². The summed E-state index contributed by atoms with van der Waals surface area (Å²) in [6.07, 6.45) is 1.96. The highest BCUT2D eigenvalue weighted by atomic mass is 16.5. The number of nitrogens with zero attached hydrogens (tertiary/aromatic N) is 5. The van der Waals surface area contributed by atoms with Gasteiger partial charge in [-0.2, -0.15) is 0 Å². The van der Waals surface area contributed by atoms with Gasteiger partial charge in [-0.25, -0.2) is 0 Å². The number of allylic oxidation sites excluding steroid dienone is 1. The quantitative estimate of drug-likeness (QED) is 0.444. The smallest absolute Gasteiger partial charge is 0.319 e. The SMILES string of the molecule is C=N/C(=C/C)CN1CCN(CC)CCN(CC(=O)OC)CCN(CC(=O)O)CC1. The van der Waals surface area contributed by atoms with Crippen molar-refractivity contribution in [3.05, 3.63) is 11.8 Å². The zero-order valence-corrected chi connectivity index (χ0v) is 18.2. The minimum atomic E-state index is -0.845. The highest BCUT2D eigenvalue weighted by Crippen LogP contribution is 2.05. The summed E-state index contributed by atoms with van der Waals surface area (Å²) in [6.45, 7) is 15.5. The molecule has 0 radical (unpaired) electrons. The van der Waals surface area contributed by atoms with Gasteiger partial charge in [0.05, 0.1) is 20.2 Å². The summed E-state index contributed by atoms with van der Waals surface area (Å²) in [4.78, 5) is 35.8. The summed E-state index contributed by atoms with van der Waals surface area (Å²) in [5.74, 6) is -1.12. The van der Waals surface area contributed by atoms with E-state index in [1.807, 2.05) is 22.8 Å². The topological polar surface area (TPSA) is 88.9 Å². The zero-order valence-electron chi connectivity index (χ0n) is 18.2. The Bertz CT molecular complexity index is 555. The molecule has 0 amide bonds. The van der Waals surface area contributed by atoms with Gasteiger partial charge >= 0.3 is 11.9 Å². The van der Waals surface area contributed by atoms with Gasteiger partial charge < -0.3 is 14.7 Å². The molecule has 0 bridgehead atoms. The van der Waals surface area contributed by atoms with Gasteiger partial charge in [0.1, 0.15) is 0 Å². The standard InChI is InChI=1S/C20H37N5O4/c1-5-18(21-3)15-23-9-7-22(6-2)8-10-25(17-20(28)29-4)14-13-24(12-11-23)16-19(26)27/h5H,3,6-17H2,1-2,4H3,(H,26,27)/b18-5+. The lowest BCUT2D eigenvalue weighted by Crippen LogP contribution is -2.48. The van der Waals surface area contributed by atoms with Crippen LogP contribution in [0.5, 0.6) is 0 Å². The van der Waals surface area contributed by atoms with E-state index in [0.29, 0.717) is 26.2 Å². The highest BCUT2D eigenvalue weighted by Gasteiger charge is 2.19. The lowest BCUT2D eigenvalue weighted by atomic mass is 10.3. The number of rotatable bonds is 8. The van der Waals surface area contributed by atoms with Crippen molar-refractivity contribution in [2.75, 3.05) is 85.6 Å². The van der Waals surface area contributed by atoms with E-state index in [9.17, 15) is 14.7 Å². The van der Waals surface area contributed by atoms with Crippen LogP contribution in [0.25, 0.3) is 0 Å². The van der Waals surface area contributed by atoms with Crippen molar-refractivity contribution in [1.29, 1.82) is 0 Å². The maximum Gasteiger partial charge on any atom is 0.319 e. The molecule has 29 heavy (non-hydrogen) atoms. The first-order valence-corrected chi connectivity index (χ1v) is 10.2. The van der Waals surface area contributed by atoms with Crippen molar-refractivity contribution in [3.63, 3.8) is 0 Å². The van der Waals surface area contributed by atoms with Crippen LogP contribution >= 0.6 is 0 Å². The third-order valence-electron chi connectivity index (χ3n) is 5.24. The largest absolute Gasteiger partial charge is 0.480 e. The van der Waals surface area contributed by atoms with Crippen molar-refractivity contribution in [2.45, 2.75) is 13.8 Å². The predicted octanol–water partition coefficient (Wildman–Crippen LogP) is 0.0899. The second-order valence-corrected chi connectivity index (χ2v) is 7.17. The lowest BCUT2D eigenvalue weighted by Gasteiger charge is -2.33. The van der Waals surface area contributed by atoms with Crippen LogP contribution in [-0.4, -0.2) is 129 Å². The molecule has 1 rings (SSSR count). The summed E-state index contributed by atoms with van der Waals surface area (Å²) >= 11 is 0. The molecule has 0 aliphatic carbocycles. The molecule has 1 fully saturated rings. The van der Waals surface area contributed by atoms with E-state index in [1.165, 1.54) is 7.11 Å². The average molecular weight is 412 g/mol. The van der Waals surface area contributed by atoms with Crippen LogP contribution in [0.15, 0.2) is 16.8 Å². The third kappa shape index (κ3) is 10.5. The monoisotopic (exact) mass is 411 g/mol. The Labute approximate surface area is 174 Å². The summed E-state index contributed by atoms with van der Waals surface area (Å²) < 4.78 is 4.81. The predicted molar refractivity (Wildman–Crippen MR) is 114 cm³/mol. The summed E-state index contributed by atoms with van der Waals surface area (Å²) in [6, 6.07) is 0. The van der Waals surface area contributed by atoms with E-state index < -0.39 is 5.97 Å². The Morgan fingerprint density at radius 2 is 1.38 bits per heavy atom. The number of likely N-dealkylation sites (N-methyl/N-ethyl adjacent to an activating group) is 1. The minimum Gasteiger partial charge on any atom is -0.480 e. The number of carboxylic acids is 1. The molecule has 0 unspecified atom stereocenters. The number of aliphatic carboxylic acids is 1. The Balaban J connectivity index is 2.90. The Morgan fingerprint density at radius 1 is 0.931 bits per heavy atom. The molecule has 9 nitrogen and oxygen atoms in total. The summed E-state index contributed by atoms with van der Waals surface area (Å²) in [5, 5.41) is 9.28. The molecule has 1 N–H and O–H groups in total. The van der Waals surface area contributed by atoms with Crippen LogP contribution in [0.2, 0.25) is 0 Å². The Morgan fingerprint density at radius 3 is 1.76 bits per heavy atom. The molecule has 0 saturated carbocycles. The first-order valence-electron chi connectivity index (χ1n) is 10.2. The van der Waals surface area contributed by atoms with E-state index in [0.717, 1.165) is 45.0 Å². The molecule has 166 valence electrons. The number of carbonyl (C=O) groups is 2. The highest BCUT2D eigenvalue weighted by molar-refractivity contribution is 5.71. The van der Waals surface area contributed by atoms with E-state index in [1.54, 1.807) is 0 Å². The number of hydrogen-bond acceptors (Lipinski definition) is 8. The number of ether oxygens (including phenoxy) is 1. The van der Waals surface area contributed by atoms with Crippen molar-refractivity contribution in [3.8, 4) is 0 Å². The molecule has 0 atom stereocenters. The van der Waals surface area contributed by atoms with Crippen LogP contribution < -0.4 is 0 Å². The van der Waals surface area contributed by atoms with Crippen LogP contribution in [0.1, 0.15) is 13.8 Å². The van der Waals surface area contributed by atoms with E-state index >= 15 is 0 Å². The summed E-state index contributed by atoms with van der Waals surface area (Å²) in [7, 11) is 1.39. The summed E-state index contributed by atoms with van der Waals surface area (Å²) in [5.41, 5.74) is 0.925. The van der Waals surface area contributed by atoms with E-state index in [2.05, 4.69) is 28.4 Å². The lowest BCUT2D eigenvalue weighted by molar-refractivity contribution is -0.142. The maximum atomic E-state index is 11.8. The molecule has 1 heterocycles. The van der Waals surface area contributed by atoms with Crippen LogP contribution in [0, 0.1) is 0 Å². The minimum absolute atomic E-state index is 0.0167. The zero-order chi connectivity index (χ0) is 21.6. The van der Waals surface area contributed by atoms with Crippen LogP contribution in [-0.2, 0) is 14.3 Å². The van der Waals surface area contributed by atoms with Gasteiger partial charge in [-0.1, -0.05) is 13.0 Å². The Hall–Kier alpha value is -1.81. The average Bonchev–Trinajstić information content (AvgIpc) is 2.70. The molecule has 0 spiro atoms. The van der Waals surface area contributed by atoms with E-state index in [4.69, 9.17) is 4.74 Å². The fraction of sp³-hybridized carbons (Fsp3) is 0.750. The second-order valence-electron chi connectivity index (χ2n) is 7.17. The molecule has 1 saturated heterocycles. The van der Waals surface area contributed by atoms with Gasteiger partial charge in [0, 0.05) is 64.6 Å². The molecule has 0 aromatic rings. The fourth-order valence-electron chi connectivity index (χ4n) is 3.27. The molecular formula is C20H37N5O4. The van der Waals surface area contributed by atoms with Crippen LogP contribution in [0.3, 0.4) is 0 Å². The number of methoxy groups -OCH3 is 1. The first-order chi connectivity index (χ1) is 13.9. The van der Waals surface area contributed by atoms with Crippen LogP contribution in [0.4, 0.5) is 0 Å². The van der Waals surface area contributed by atoms with Gasteiger partial charge in [0.25, 0.3) is 0 Å². The number of carbonyl (C=O) groups excluding carboxylic acids is 1. The second kappa shape index (κ2) is 14.2. The molecule has 1 aliphatic heterocycles. The molecule has 0 aromatic heterocycles. The maximum absolute atomic E-state index is 11.8. The molecule has 9 heteroatoms. The third-order valence-corrected chi connectivity index (χ3v) is 5.24. The van der Waals surface area contributed by atoms with Gasteiger partial charge in [-0.3, -0.25) is 29.3 Å². The van der Waals surface area contributed by atoms with Crippen molar-refractivity contribution in [2.24, 2.45) is 4.99 Å². The van der Waals surface area contributed by atoms with Crippen molar-refractivity contribution >= 4 is 18.7 Å². The molecule has 0 aromatic carbocycles.